The van der Waals surface area contributed by atoms with Gasteiger partial charge in [0, 0.05) is 29.9 Å². The van der Waals surface area contributed by atoms with Crippen molar-refractivity contribution in [2.45, 2.75) is 17.5 Å². The number of benzene rings is 2. The molecule has 7 nitrogen and oxygen atoms in total. The molecule has 2 aromatic carbocycles. The Morgan fingerprint density at radius 1 is 1.00 bits per heavy atom. The number of nitrogens with zero attached hydrogens (tertiary/aromatic N) is 5. The predicted molar refractivity (Wildman–Crippen MR) is 134 cm³/mol. The van der Waals surface area contributed by atoms with Gasteiger partial charge in [-0.2, -0.15) is 0 Å². The normalized spacial score (nSPS) is 10.9. The summed E-state index contributed by atoms with van der Waals surface area (Å²) in [5, 5.41) is 14.5. The number of nitrogens with one attached hydrogen (secondary N) is 1. The molecule has 10 heteroatoms. The Hall–Kier alpha value is -3.89. The van der Waals surface area contributed by atoms with Crippen molar-refractivity contribution in [1.82, 2.24) is 30.0 Å². The first kappa shape index (κ1) is 22.9. The lowest BCUT2D eigenvalue weighted by Gasteiger charge is -2.10. The van der Waals surface area contributed by atoms with E-state index in [4.69, 9.17) is 0 Å². The van der Waals surface area contributed by atoms with Gasteiger partial charge >= 0.3 is 0 Å². The van der Waals surface area contributed by atoms with Gasteiger partial charge in [0.15, 0.2) is 11.0 Å². The average Bonchev–Trinajstić information content (AvgIpc) is 3.55. The van der Waals surface area contributed by atoms with Gasteiger partial charge in [0.1, 0.15) is 16.5 Å². The van der Waals surface area contributed by atoms with Crippen molar-refractivity contribution in [3.63, 3.8) is 0 Å². The molecule has 0 aliphatic heterocycles. The monoisotopic (exact) mass is 502 g/mol. The van der Waals surface area contributed by atoms with E-state index >= 15 is 0 Å². The smallest absolute Gasteiger partial charge is 0.271 e. The summed E-state index contributed by atoms with van der Waals surface area (Å²) in [4.78, 5) is 21.0. The first-order chi connectivity index (χ1) is 17.2. The molecular weight excluding hydrogens is 483 g/mol. The summed E-state index contributed by atoms with van der Waals surface area (Å²) >= 11 is 2.77. The minimum atomic E-state index is -0.379. The molecule has 3 aromatic heterocycles. The van der Waals surface area contributed by atoms with E-state index in [1.54, 1.807) is 52.7 Å². The highest BCUT2D eigenvalue weighted by Gasteiger charge is 2.19. The molecule has 0 aliphatic carbocycles. The van der Waals surface area contributed by atoms with Crippen LogP contribution in [0.25, 0.3) is 17.1 Å². The SMILES string of the molecule is O=C(NCc1ccccc1)c1csc(CSc2nnc(-c3ccncc3)n2-c2ccccc2F)n1. The number of carbonyl (C=O) groups excluding carboxylic acids is 1. The van der Waals surface area contributed by atoms with Crippen molar-refractivity contribution >= 4 is 29.0 Å². The predicted octanol–water partition coefficient (Wildman–Crippen LogP) is 5.15. The van der Waals surface area contributed by atoms with Crippen LogP contribution in [0.15, 0.2) is 89.7 Å². The number of thiazole rings is 1. The molecule has 1 amide bonds. The zero-order chi connectivity index (χ0) is 24.0. The molecule has 0 saturated heterocycles. The number of hydrogen-bond donors (Lipinski definition) is 1. The van der Waals surface area contributed by atoms with Gasteiger partial charge in [0.05, 0.1) is 11.4 Å². The number of amides is 1. The highest BCUT2D eigenvalue weighted by Crippen LogP contribution is 2.31. The summed E-state index contributed by atoms with van der Waals surface area (Å²) in [7, 11) is 0. The van der Waals surface area contributed by atoms with E-state index in [0.29, 0.717) is 34.7 Å². The summed E-state index contributed by atoms with van der Waals surface area (Å²) < 4.78 is 16.4. The fourth-order valence-electron chi connectivity index (χ4n) is 3.38. The minimum Gasteiger partial charge on any atom is -0.347 e. The molecule has 1 N–H and O–H groups in total. The van der Waals surface area contributed by atoms with E-state index in [1.165, 1.54) is 29.2 Å². The third-order valence-electron chi connectivity index (χ3n) is 5.07. The van der Waals surface area contributed by atoms with Crippen LogP contribution < -0.4 is 5.32 Å². The molecule has 3 heterocycles. The molecule has 0 saturated carbocycles. The van der Waals surface area contributed by atoms with Gasteiger partial charge in [-0.05, 0) is 29.8 Å². The maximum Gasteiger partial charge on any atom is 0.271 e. The number of halogens is 1. The van der Waals surface area contributed by atoms with E-state index in [-0.39, 0.29) is 11.7 Å². The molecular formula is C25H19FN6OS2. The molecule has 174 valence electrons. The van der Waals surface area contributed by atoms with Crippen LogP contribution in [0.3, 0.4) is 0 Å². The zero-order valence-electron chi connectivity index (χ0n) is 18.3. The lowest BCUT2D eigenvalue weighted by Crippen LogP contribution is -2.23. The second-order valence-corrected chi connectivity index (χ2v) is 9.30. The van der Waals surface area contributed by atoms with Crippen molar-refractivity contribution in [3.8, 4) is 17.1 Å². The Kier molecular flexibility index (Phi) is 6.92. The molecule has 5 rings (SSSR count). The number of para-hydroxylation sites is 1. The molecule has 0 bridgehead atoms. The molecule has 35 heavy (non-hydrogen) atoms. The number of thioether (sulfide) groups is 1. The first-order valence-corrected chi connectivity index (χ1v) is 12.6. The molecule has 5 aromatic rings. The van der Waals surface area contributed by atoms with Crippen LogP contribution in [0.1, 0.15) is 21.1 Å². The number of rotatable bonds is 8. The summed E-state index contributed by atoms with van der Waals surface area (Å²) in [6.45, 7) is 0.435. The van der Waals surface area contributed by atoms with Gasteiger partial charge < -0.3 is 5.32 Å². The van der Waals surface area contributed by atoms with Crippen molar-refractivity contribution < 1.29 is 9.18 Å². The van der Waals surface area contributed by atoms with E-state index in [9.17, 15) is 9.18 Å². The highest BCUT2D eigenvalue weighted by molar-refractivity contribution is 7.98. The first-order valence-electron chi connectivity index (χ1n) is 10.7. The molecule has 0 fully saturated rings. The van der Waals surface area contributed by atoms with Crippen LogP contribution in [0.4, 0.5) is 4.39 Å². The highest BCUT2D eigenvalue weighted by atomic mass is 32.2. The maximum absolute atomic E-state index is 14.7. The number of hydrogen-bond acceptors (Lipinski definition) is 7. The topological polar surface area (TPSA) is 85.6 Å². The van der Waals surface area contributed by atoms with Gasteiger partial charge in [-0.1, -0.05) is 54.2 Å². The summed E-state index contributed by atoms with van der Waals surface area (Å²) in [5.74, 6) is 0.367. The summed E-state index contributed by atoms with van der Waals surface area (Å²) in [5.41, 5.74) is 2.51. The Labute approximate surface area is 209 Å². The molecule has 0 aliphatic rings. The summed E-state index contributed by atoms with van der Waals surface area (Å²) in [6, 6.07) is 19.8. The molecule has 0 unspecified atom stereocenters. The quantitative estimate of drug-likeness (QED) is 0.296. The van der Waals surface area contributed by atoms with Crippen LogP contribution in [-0.4, -0.2) is 30.6 Å². The van der Waals surface area contributed by atoms with Crippen LogP contribution in [0.5, 0.6) is 0 Å². The van der Waals surface area contributed by atoms with Crippen molar-refractivity contribution in [1.29, 1.82) is 0 Å². The fourth-order valence-corrected chi connectivity index (χ4v) is 5.12. The van der Waals surface area contributed by atoms with Gasteiger partial charge in [-0.25, -0.2) is 9.37 Å². The lowest BCUT2D eigenvalue weighted by atomic mass is 10.2. The number of carbonyl (C=O) groups is 1. The van der Waals surface area contributed by atoms with Crippen LogP contribution in [0, 0.1) is 5.82 Å². The number of pyridine rings is 1. The van der Waals surface area contributed by atoms with Crippen LogP contribution in [-0.2, 0) is 12.3 Å². The van der Waals surface area contributed by atoms with E-state index in [2.05, 4.69) is 25.5 Å². The fraction of sp³-hybridized carbons (Fsp3) is 0.0800. The van der Waals surface area contributed by atoms with E-state index in [1.807, 2.05) is 30.3 Å². The van der Waals surface area contributed by atoms with E-state index in [0.717, 1.165) is 16.1 Å². The number of aromatic nitrogens is 5. The molecule has 0 atom stereocenters. The standard InChI is InChI=1S/C25H19FN6OS2/c26-19-8-4-5-9-21(19)32-23(18-10-12-27-13-11-18)30-31-25(32)35-16-22-29-20(15-34-22)24(33)28-14-17-6-2-1-3-7-17/h1-13,15H,14,16H2,(H,28,33). The molecule has 0 radical (unpaired) electrons. The lowest BCUT2D eigenvalue weighted by molar-refractivity contribution is 0.0946. The van der Waals surface area contributed by atoms with Gasteiger partial charge in [-0.15, -0.1) is 21.5 Å². The molecule has 0 spiro atoms. The average molecular weight is 503 g/mol. The Morgan fingerprint density at radius 3 is 2.57 bits per heavy atom. The van der Waals surface area contributed by atoms with Gasteiger partial charge in [0.25, 0.3) is 5.91 Å². The van der Waals surface area contributed by atoms with Crippen LogP contribution >= 0.6 is 23.1 Å². The van der Waals surface area contributed by atoms with Crippen molar-refractivity contribution in [2.75, 3.05) is 0 Å². The van der Waals surface area contributed by atoms with Gasteiger partial charge in [-0.3, -0.25) is 14.3 Å². The minimum absolute atomic E-state index is 0.226. The van der Waals surface area contributed by atoms with Gasteiger partial charge in [0.2, 0.25) is 0 Å². The second kappa shape index (κ2) is 10.6. The Bertz CT molecular complexity index is 1440. The van der Waals surface area contributed by atoms with Crippen molar-refractivity contribution in [3.05, 3.63) is 107 Å². The summed E-state index contributed by atoms with van der Waals surface area (Å²) in [6.07, 6.45) is 3.31. The Balaban J connectivity index is 1.33. The second-order valence-electron chi connectivity index (χ2n) is 7.41. The maximum atomic E-state index is 14.7. The third kappa shape index (κ3) is 5.28. The van der Waals surface area contributed by atoms with E-state index < -0.39 is 0 Å². The zero-order valence-corrected chi connectivity index (χ0v) is 20.0. The Morgan fingerprint density at radius 2 is 1.77 bits per heavy atom. The third-order valence-corrected chi connectivity index (χ3v) is 7.04. The largest absolute Gasteiger partial charge is 0.347 e. The van der Waals surface area contributed by atoms with Crippen molar-refractivity contribution in [2.24, 2.45) is 0 Å². The van der Waals surface area contributed by atoms with Crippen LogP contribution in [0.2, 0.25) is 0 Å².